The summed E-state index contributed by atoms with van der Waals surface area (Å²) in [5.41, 5.74) is 8.96. The average molecular weight is 591 g/mol. The fourth-order valence-electron chi connectivity index (χ4n) is 5.34. The predicted molar refractivity (Wildman–Crippen MR) is 169 cm³/mol. The number of nitrogens with zero attached hydrogens (tertiary/aromatic N) is 2. The maximum Gasteiger partial charge on any atom is 0.307 e. The Morgan fingerprint density at radius 3 is 2.17 bits per heavy atom. The van der Waals surface area contributed by atoms with Crippen molar-refractivity contribution in [1.82, 2.24) is 4.98 Å². The Bertz CT molecular complexity index is 1580. The van der Waals surface area contributed by atoms with Crippen LogP contribution in [0.1, 0.15) is 73.2 Å². The van der Waals surface area contributed by atoms with Crippen LogP contribution in [0.15, 0.2) is 52.9 Å². The fourth-order valence-corrected chi connectivity index (χ4v) is 6.16. The molecule has 4 aromatic rings. The Morgan fingerprint density at radius 2 is 1.62 bits per heavy atom. The molecule has 0 unspecified atom stereocenters. The van der Waals surface area contributed by atoms with Crippen molar-refractivity contribution in [3.63, 3.8) is 0 Å². The quantitative estimate of drug-likeness (QED) is 0.219. The molecule has 6 nitrogen and oxygen atoms in total. The molecule has 1 aliphatic heterocycles. The van der Waals surface area contributed by atoms with E-state index in [1.807, 2.05) is 39.2 Å². The highest BCUT2D eigenvalue weighted by molar-refractivity contribution is 8.00. The number of carbonyl (C=O) groups is 1. The van der Waals surface area contributed by atoms with Gasteiger partial charge in [0.2, 0.25) is 0 Å². The molecule has 0 aliphatic carbocycles. The molecule has 2 N–H and O–H groups in total. The monoisotopic (exact) mass is 590 g/mol. The van der Waals surface area contributed by atoms with Crippen molar-refractivity contribution >= 4 is 23.6 Å². The third-order valence-electron chi connectivity index (χ3n) is 7.12. The van der Waals surface area contributed by atoms with Gasteiger partial charge in [-0.3, -0.25) is 4.79 Å². The molecule has 42 heavy (non-hydrogen) atoms. The number of oxazole rings is 1. The van der Waals surface area contributed by atoms with Gasteiger partial charge in [0.25, 0.3) is 0 Å². The summed E-state index contributed by atoms with van der Waals surface area (Å²) < 4.78 is 22.0. The maximum atomic E-state index is 13.4. The van der Waals surface area contributed by atoms with E-state index in [1.165, 1.54) is 12.1 Å². The first-order valence-electron chi connectivity index (χ1n) is 13.9. The van der Waals surface area contributed by atoms with E-state index in [2.05, 4.69) is 23.4 Å². The first kappa shape index (κ1) is 31.3. The van der Waals surface area contributed by atoms with Crippen LogP contribution in [-0.4, -0.2) is 33.0 Å². The third-order valence-corrected chi connectivity index (χ3v) is 8.01. The van der Waals surface area contributed by atoms with Crippen LogP contribution >= 0.6 is 11.9 Å². The number of aryl methyl sites for hydroxylation is 1. The lowest BCUT2D eigenvalue weighted by atomic mass is 9.82. The second kappa shape index (κ2) is 12.3. The van der Waals surface area contributed by atoms with E-state index in [0.29, 0.717) is 12.3 Å². The summed E-state index contributed by atoms with van der Waals surface area (Å²) in [4.78, 5) is 16.9. The van der Waals surface area contributed by atoms with Crippen molar-refractivity contribution in [3.05, 3.63) is 93.8 Å². The number of hydrogen-bond donors (Lipinski definition) is 2. The Labute approximate surface area is 251 Å². The number of fused-ring (bicyclic) bond motifs is 3. The summed E-state index contributed by atoms with van der Waals surface area (Å²) in [5.74, 6) is 0.211. The number of rotatable bonds is 6. The second-order valence-corrected chi connectivity index (χ2v) is 12.5. The SMILES string of the molecule is CC(C)(C)O.CSN1c2c(C)c(CC(=O)O)c(-c3ccc(C)cc3)c(C)c2-c2nc(Cc3ccc(F)cc3)oc2[C@H]1C. The van der Waals surface area contributed by atoms with Crippen LogP contribution in [0.5, 0.6) is 0 Å². The molecular weight excluding hydrogens is 551 g/mol. The number of carboxylic acids is 1. The van der Waals surface area contributed by atoms with E-state index in [0.717, 1.165) is 61.6 Å². The van der Waals surface area contributed by atoms with Gasteiger partial charge in [0.1, 0.15) is 11.5 Å². The van der Waals surface area contributed by atoms with Gasteiger partial charge in [-0.25, -0.2) is 9.37 Å². The molecule has 1 aliphatic rings. The number of carboxylic acid groups (broad SMARTS) is 1. The Hall–Kier alpha value is -3.62. The molecule has 3 aromatic carbocycles. The molecule has 2 heterocycles. The number of halogens is 1. The summed E-state index contributed by atoms with van der Waals surface area (Å²) in [6.45, 7) is 13.4. The van der Waals surface area contributed by atoms with Gasteiger partial charge >= 0.3 is 5.97 Å². The van der Waals surface area contributed by atoms with Gasteiger partial charge in [0, 0.05) is 18.2 Å². The van der Waals surface area contributed by atoms with E-state index in [4.69, 9.17) is 14.5 Å². The molecule has 1 aromatic heterocycles. The number of aliphatic hydroxyl groups is 1. The molecule has 8 heteroatoms. The normalized spacial score (nSPS) is 14.1. The van der Waals surface area contributed by atoms with Gasteiger partial charge in [-0.05, 0) is 94.0 Å². The first-order chi connectivity index (χ1) is 19.7. The van der Waals surface area contributed by atoms with Crippen molar-refractivity contribution in [2.24, 2.45) is 0 Å². The van der Waals surface area contributed by atoms with Crippen LogP contribution in [0, 0.1) is 26.6 Å². The highest BCUT2D eigenvalue weighted by Gasteiger charge is 2.37. The molecular formula is C34H39FN2O4S. The van der Waals surface area contributed by atoms with Gasteiger partial charge < -0.3 is 18.9 Å². The van der Waals surface area contributed by atoms with Crippen LogP contribution in [-0.2, 0) is 17.6 Å². The lowest BCUT2D eigenvalue weighted by molar-refractivity contribution is -0.136. The van der Waals surface area contributed by atoms with Crippen molar-refractivity contribution in [3.8, 4) is 22.4 Å². The standard InChI is InChI=1S/C30H29FN2O3S.C4H10O/c1-16-6-10-21(11-7-16)26-18(3)27-28-30(36-24(32-28)14-20-8-12-22(31)13-9-20)19(4)33(37-5)29(27)17(2)23(26)15-25(34)35;1-4(2,3)5/h6-13,19H,14-15H2,1-5H3,(H,34,35);5H,1-3H3/t19-;/m1./s1. The minimum absolute atomic E-state index is 0.0682. The maximum absolute atomic E-state index is 13.4. The van der Waals surface area contributed by atoms with E-state index >= 15 is 0 Å². The Morgan fingerprint density at radius 1 is 1.02 bits per heavy atom. The zero-order valence-electron chi connectivity index (χ0n) is 25.5. The highest BCUT2D eigenvalue weighted by atomic mass is 32.2. The number of anilines is 1. The van der Waals surface area contributed by atoms with Crippen molar-refractivity contribution < 1.29 is 23.8 Å². The van der Waals surface area contributed by atoms with Gasteiger partial charge in [-0.1, -0.05) is 53.9 Å². The smallest absolute Gasteiger partial charge is 0.307 e. The minimum Gasteiger partial charge on any atom is -0.481 e. The lowest BCUT2D eigenvalue weighted by Crippen LogP contribution is -2.25. The van der Waals surface area contributed by atoms with E-state index in [-0.39, 0.29) is 18.3 Å². The highest BCUT2D eigenvalue weighted by Crippen LogP contribution is 2.53. The average Bonchev–Trinajstić information content (AvgIpc) is 3.32. The zero-order chi connectivity index (χ0) is 30.9. The van der Waals surface area contributed by atoms with Crippen molar-refractivity contribution in [2.75, 3.05) is 10.6 Å². The zero-order valence-corrected chi connectivity index (χ0v) is 26.3. The summed E-state index contributed by atoms with van der Waals surface area (Å²) in [7, 11) is 0. The molecule has 0 amide bonds. The van der Waals surface area contributed by atoms with Crippen LogP contribution in [0.25, 0.3) is 22.4 Å². The largest absolute Gasteiger partial charge is 0.481 e. The summed E-state index contributed by atoms with van der Waals surface area (Å²) in [6, 6.07) is 14.5. The lowest BCUT2D eigenvalue weighted by Gasteiger charge is -2.37. The molecule has 0 saturated carbocycles. The van der Waals surface area contributed by atoms with Gasteiger partial charge in [-0.15, -0.1) is 0 Å². The first-order valence-corrected chi connectivity index (χ1v) is 15.1. The number of hydrogen-bond acceptors (Lipinski definition) is 6. The van der Waals surface area contributed by atoms with Gasteiger partial charge in [0.05, 0.1) is 23.8 Å². The molecule has 0 fully saturated rings. The van der Waals surface area contributed by atoms with E-state index in [1.54, 1.807) is 44.9 Å². The second-order valence-electron chi connectivity index (χ2n) is 11.7. The third kappa shape index (κ3) is 6.71. The van der Waals surface area contributed by atoms with Crippen LogP contribution in [0.4, 0.5) is 10.1 Å². The minimum atomic E-state index is -0.862. The van der Waals surface area contributed by atoms with Crippen LogP contribution in [0.3, 0.4) is 0 Å². The van der Waals surface area contributed by atoms with Gasteiger partial charge in [0.15, 0.2) is 11.7 Å². The molecule has 0 radical (unpaired) electrons. The topological polar surface area (TPSA) is 86.8 Å². The molecule has 0 bridgehead atoms. The summed E-state index contributed by atoms with van der Waals surface area (Å²) in [6.07, 6.45) is 2.40. The van der Waals surface area contributed by atoms with Crippen molar-refractivity contribution in [2.45, 2.75) is 73.0 Å². The van der Waals surface area contributed by atoms with Crippen LogP contribution in [0.2, 0.25) is 0 Å². The van der Waals surface area contributed by atoms with E-state index in [9.17, 15) is 14.3 Å². The fraction of sp³-hybridized carbons (Fsp3) is 0.353. The molecule has 1 atom stereocenters. The van der Waals surface area contributed by atoms with E-state index < -0.39 is 11.6 Å². The van der Waals surface area contributed by atoms with Crippen LogP contribution < -0.4 is 4.31 Å². The summed E-state index contributed by atoms with van der Waals surface area (Å²) >= 11 is 1.59. The molecule has 0 saturated heterocycles. The molecule has 222 valence electrons. The number of aromatic nitrogens is 1. The molecule has 5 rings (SSSR count). The molecule has 0 spiro atoms. The predicted octanol–water partition coefficient (Wildman–Crippen LogP) is 8.23. The Balaban J connectivity index is 0.000000748. The number of benzene rings is 3. The number of aliphatic carboxylic acids is 1. The Kier molecular flexibility index (Phi) is 9.18. The van der Waals surface area contributed by atoms with Crippen molar-refractivity contribution in [1.29, 1.82) is 0 Å². The summed E-state index contributed by atoms with van der Waals surface area (Å²) in [5, 5.41) is 18.3. The van der Waals surface area contributed by atoms with Gasteiger partial charge in [-0.2, -0.15) is 0 Å².